The van der Waals surface area contributed by atoms with Crippen molar-refractivity contribution in [3.63, 3.8) is 0 Å². The van der Waals surface area contributed by atoms with Crippen LogP contribution in [0.3, 0.4) is 0 Å². The standard InChI is InChI=1S/C15H21NO3S/c1-4-20(17,18)10-11(2)16-12(3)15-9-13-7-5-6-8-14(13)19-15/h5-9,11-12,16H,4,10H2,1-3H3. The zero-order valence-electron chi connectivity index (χ0n) is 12.1. The molecule has 0 fully saturated rings. The van der Waals surface area contributed by atoms with Gasteiger partial charge in [-0.1, -0.05) is 25.1 Å². The summed E-state index contributed by atoms with van der Waals surface area (Å²) < 4.78 is 29.0. The number of rotatable bonds is 6. The highest BCUT2D eigenvalue weighted by atomic mass is 32.2. The molecule has 0 saturated heterocycles. The van der Waals surface area contributed by atoms with Crippen LogP contribution in [0.1, 0.15) is 32.6 Å². The van der Waals surface area contributed by atoms with Crippen molar-refractivity contribution in [1.29, 1.82) is 0 Å². The molecule has 0 spiro atoms. The number of hydrogen-bond donors (Lipinski definition) is 1. The Labute approximate surface area is 120 Å². The summed E-state index contributed by atoms with van der Waals surface area (Å²) in [6.07, 6.45) is 0. The molecular weight excluding hydrogens is 274 g/mol. The van der Waals surface area contributed by atoms with Crippen LogP contribution < -0.4 is 5.32 Å². The topological polar surface area (TPSA) is 59.3 Å². The zero-order valence-corrected chi connectivity index (χ0v) is 12.9. The van der Waals surface area contributed by atoms with E-state index in [1.165, 1.54) is 0 Å². The second kappa shape index (κ2) is 5.97. The Morgan fingerprint density at radius 2 is 1.95 bits per heavy atom. The molecule has 5 heteroatoms. The van der Waals surface area contributed by atoms with Gasteiger partial charge in [-0.2, -0.15) is 0 Å². The van der Waals surface area contributed by atoms with Crippen molar-refractivity contribution >= 4 is 20.8 Å². The Morgan fingerprint density at radius 3 is 2.60 bits per heavy atom. The lowest BCUT2D eigenvalue weighted by atomic mass is 10.2. The molecule has 20 heavy (non-hydrogen) atoms. The average Bonchev–Trinajstić information content (AvgIpc) is 2.81. The first-order valence-electron chi connectivity index (χ1n) is 6.86. The molecule has 0 bridgehead atoms. The van der Waals surface area contributed by atoms with Gasteiger partial charge in [0.2, 0.25) is 0 Å². The number of fused-ring (bicyclic) bond motifs is 1. The van der Waals surface area contributed by atoms with Gasteiger partial charge in [0.1, 0.15) is 11.3 Å². The van der Waals surface area contributed by atoms with Gasteiger partial charge in [-0.05, 0) is 26.0 Å². The van der Waals surface area contributed by atoms with Crippen LogP contribution in [0.25, 0.3) is 11.0 Å². The Kier molecular flexibility index (Phi) is 4.50. The van der Waals surface area contributed by atoms with Crippen LogP contribution in [0.2, 0.25) is 0 Å². The Bertz CT molecular complexity index is 642. The van der Waals surface area contributed by atoms with E-state index in [4.69, 9.17) is 4.42 Å². The fraction of sp³-hybridized carbons (Fsp3) is 0.467. The minimum absolute atomic E-state index is 0.0237. The zero-order chi connectivity index (χ0) is 14.8. The second-order valence-electron chi connectivity index (χ2n) is 5.17. The summed E-state index contributed by atoms with van der Waals surface area (Å²) in [5.41, 5.74) is 0.852. The third-order valence-corrected chi connectivity index (χ3v) is 5.24. The number of nitrogens with one attached hydrogen (secondary N) is 1. The maximum absolute atomic E-state index is 11.6. The quantitative estimate of drug-likeness (QED) is 0.890. The van der Waals surface area contributed by atoms with Crippen LogP contribution in [-0.4, -0.2) is 26.0 Å². The van der Waals surface area contributed by atoms with E-state index in [1.807, 2.05) is 44.2 Å². The van der Waals surface area contributed by atoms with Crippen molar-refractivity contribution in [3.8, 4) is 0 Å². The molecule has 2 rings (SSSR count). The van der Waals surface area contributed by atoms with Crippen molar-refractivity contribution in [2.24, 2.45) is 0 Å². The van der Waals surface area contributed by atoms with E-state index in [0.717, 1.165) is 16.7 Å². The molecule has 4 nitrogen and oxygen atoms in total. The van der Waals surface area contributed by atoms with Gasteiger partial charge in [0.25, 0.3) is 0 Å². The number of hydrogen-bond acceptors (Lipinski definition) is 4. The maximum Gasteiger partial charge on any atom is 0.151 e. The molecule has 2 aromatic rings. The van der Waals surface area contributed by atoms with Gasteiger partial charge in [0.05, 0.1) is 11.8 Å². The molecule has 0 radical (unpaired) electrons. The normalized spacial score (nSPS) is 15.3. The average molecular weight is 295 g/mol. The highest BCUT2D eigenvalue weighted by molar-refractivity contribution is 7.91. The third-order valence-electron chi connectivity index (χ3n) is 3.35. The molecule has 0 aliphatic carbocycles. The largest absolute Gasteiger partial charge is 0.459 e. The first-order chi connectivity index (χ1) is 9.41. The summed E-state index contributed by atoms with van der Waals surface area (Å²) in [7, 11) is -2.96. The lowest BCUT2D eigenvalue weighted by molar-refractivity contribution is 0.423. The SMILES string of the molecule is CCS(=O)(=O)CC(C)NC(C)c1cc2ccccc2o1. The molecule has 0 aliphatic heterocycles. The van der Waals surface area contributed by atoms with Gasteiger partial charge in [-0.15, -0.1) is 0 Å². The monoisotopic (exact) mass is 295 g/mol. The molecule has 1 N–H and O–H groups in total. The van der Waals surface area contributed by atoms with E-state index in [0.29, 0.717) is 0 Å². The first-order valence-corrected chi connectivity index (χ1v) is 8.68. The summed E-state index contributed by atoms with van der Waals surface area (Å²) >= 11 is 0. The van der Waals surface area contributed by atoms with Gasteiger partial charge in [-0.3, -0.25) is 0 Å². The minimum Gasteiger partial charge on any atom is -0.459 e. The van der Waals surface area contributed by atoms with Crippen LogP contribution in [0.4, 0.5) is 0 Å². The summed E-state index contributed by atoms with van der Waals surface area (Å²) in [6, 6.07) is 9.69. The lowest BCUT2D eigenvalue weighted by Crippen LogP contribution is -2.35. The molecule has 2 atom stereocenters. The molecule has 0 saturated carbocycles. The molecule has 1 aromatic carbocycles. The highest BCUT2D eigenvalue weighted by Gasteiger charge is 2.18. The van der Waals surface area contributed by atoms with Gasteiger partial charge < -0.3 is 9.73 Å². The van der Waals surface area contributed by atoms with Crippen LogP contribution in [0.5, 0.6) is 0 Å². The third kappa shape index (κ3) is 3.61. The molecule has 0 aliphatic rings. The van der Waals surface area contributed by atoms with E-state index in [1.54, 1.807) is 6.92 Å². The van der Waals surface area contributed by atoms with Gasteiger partial charge in [-0.25, -0.2) is 8.42 Å². The van der Waals surface area contributed by atoms with Crippen LogP contribution >= 0.6 is 0 Å². The predicted molar refractivity (Wildman–Crippen MR) is 81.6 cm³/mol. The van der Waals surface area contributed by atoms with E-state index < -0.39 is 9.84 Å². The number of sulfone groups is 1. The van der Waals surface area contributed by atoms with E-state index in [2.05, 4.69) is 5.32 Å². The predicted octanol–water partition coefficient (Wildman–Crippen LogP) is 2.91. The van der Waals surface area contributed by atoms with E-state index in [9.17, 15) is 8.42 Å². The summed E-state index contributed by atoms with van der Waals surface area (Å²) in [4.78, 5) is 0. The molecular formula is C15H21NO3S. The van der Waals surface area contributed by atoms with Gasteiger partial charge in [0, 0.05) is 17.2 Å². The van der Waals surface area contributed by atoms with Gasteiger partial charge >= 0.3 is 0 Å². The second-order valence-corrected chi connectivity index (χ2v) is 7.57. The smallest absolute Gasteiger partial charge is 0.151 e. The maximum atomic E-state index is 11.6. The van der Waals surface area contributed by atoms with Crippen molar-refractivity contribution in [2.45, 2.75) is 32.9 Å². The molecule has 1 heterocycles. The van der Waals surface area contributed by atoms with Crippen LogP contribution in [0.15, 0.2) is 34.7 Å². The fourth-order valence-electron chi connectivity index (χ4n) is 2.27. The van der Waals surface area contributed by atoms with Gasteiger partial charge in [0.15, 0.2) is 9.84 Å². The Balaban J connectivity index is 2.06. The molecule has 2 unspecified atom stereocenters. The van der Waals surface area contributed by atoms with Crippen molar-refractivity contribution < 1.29 is 12.8 Å². The lowest BCUT2D eigenvalue weighted by Gasteiger charge is -2.18. The van der Waals surface area contributed by atoms with Crippen LogP contribution in [0, 0.1) is 0 Å². The number of para-hydroxylation sites is 1. The van der Waals surface area contributed by atoms with E-state index >= 15 is 0 Å². The number of benzene rings is 1. The first kappa shape index (κ1) is 15.1. The van der Waals surface area contributed by atoms with E-state index in [-0.39, 0.29) is 23.6 Å². The Hall–Kier alpha value is -1.33. The molecule has 0 amide bonds. The van der Waals surface area contributed by atoms with Crippen molar-refractivity contribution in [2.75, 3.05) is 11.5 Å². The molecule has 110 valence electrons. The highest BCUT2D eigenvalue weighted by Crippen LogP contribution is 2.23. The fourth-order valence-corrected chi connectivity index (χ4v) is 3.37. The van der Waals surface area contributed by atoms with Crippen molar-refractivity contribution in [1.82, 2.24) is 5.32 Å². The summed E-state index contributed by atoms with van der Waals surface area (Å²) in [6.45, 7) is 5.53. The summed E-state index contributed by atoms with van der Waals surface area (Å²) in [5.74, 6) is 1.15. The number of furan rings is 1. The molecule has 1 aromatic heterocycles. The Morgan fingerprint density at radius 1 is 1.25 bits per heavy atom. The summed E-state index contributed by atoms with van der Waals surface area (Å²) in [5, 5.41) is 4.33. The van der Waals surface area contributed by atoms with Crippen molar-refractivity contribution in [3.05, 3.63) is 36.1 Å². The minimum atomic E-state index is -2.96. The van der Waals surface area contributed by atoms with Crippen LogP contribution in [-0.2, 0) is 9.84 Å².